The van der Waals surface area contributed by atoms with Crippen molar-refractivity contribution in [3.8, 4) is 6.01 Å². The Morgan fingerprint density at radius 1 is 1.00 bits per heavy atom. The van der Waals surface area contributed by atoms with Gasteiger partial charge in [-0.2, -0.15) is 36.3 Å². The van der Waals surface area contributed by atoms with Crippen LogP contribution in [-0.2, 0) is 34.7 Å². The number of hydrogen-bond acceptors (Lipinski definition) is 8. The quantitative estimate of drug-likeness (QED) is 0.366. The number of fused-ring (bicyclic) bond motifs is 1. The van der Waals surface area contributed by atoms with Gasteiger partial charge in [-0.05, 0) is 56.7 Å². The second kappa shape index (κ2) is 11.0. The largest absolute Gasteiger partial charge is 0.461 e. The SMILES string of the molecule is CC1(C)OC[C@H](COc2nc3c(c(Nc4ccc(C(F)(F)F)cc4)n2)CCN(c2ncccc2C(F)(F)F)CC3)O1. The highest BCUT2D eigenvalue weighted by Gasteiger charge is 2.37. The molecule has 1 aromatic carbocycles. The maximum Gasteiger partial charge on any atom is 0.419 e. The molecule has 0 spiro atoms. The van der Waals surface area contributed by atoms with E-state index in [9.17, 15) is 26.3 Å². The van der Waals surface area contributed by atoms with Gasteiger partial charge in [0.05, 0.1) is 23.4 Å². The van der Waals surface area contributed by atoms with Crippen molar-refractivity contribution in [2.45, 2.75) is 50.9 Å². The fourth-order valence-electron chi connectivity index (χ4n) is 4.72. The predicted octanol–water partition coefficient (Wildman–Crippen LogP) is 5.79. The molecule has 0 unspecified atom stereocenters. The van der Waals surface area contributed by atoms with Gasteiger partial charge in [-0.1, -0.05) is 0 Å². The van der Waals surface area contributed by atoms with Crippen LogP contribution in [-0.4, -0.2) is 53.1 Å². The maximum absolute atomic E-state index is 13.7. The zero-order valence-corrected chi connectivity index (χ0v) is 22.1. The van der Waals surface area contributed by atoms with E-state index >= 15 is 0 Å². The van der Waals surface area contributed by atoms with E-state index in [0.29, 0.717) is 23.6 Å². The number of ether oxygens (including phenoxy) is 3. The average Bonchev–Trinajstić information content (AvgIpc) is 3.11. The molecule has 0 aliphatic carbocycles. The lowest BCUT2D eigenvalue weighted by Gasteiger charge is -2.24. The number of benzene rings is 1. The third-order valence-electron chi connectivity index (χ3n) is 6.65. The summed E-state index contributed by atoms with van der Waals surface area (Å²) in [7, 11) is 0. The van der Waals surface area contributed by atoms with Gasteiger partial charge >= 0.3 is 18.4 Å². The lowest BCUT2D eigenvalue weighted by atomic mass is 10.1. The number of nitrogens with zero attached hydrogens (tertiary/aromatic N) is 4. The highest BCUT2D eigenvalue weighted by Crippen LogP contribution is 2.37. The molecule has 0 radical (unpaired) electrons. The average molecular weight is 584 g/mol. The van der Waals surface area contributed by atoms with Crippen LogP contribution in [0.1, 0.15) is 36.2 Å². The van der Waals surface area contributed by atoms with E-state index in [-0.39, 0.29) is 56.3 Å². The first-order valence-electron chi connectivity index (χ1n) is 12.8. The molecule has 1 saturated heterocycles. The minimum atomic E-state index is -4.58. The summed E-state index contributed by atoms with van der Waals surface area (Å²) in [5.41, 5.74) is -0.150. The Labute approximate surface area is 231 Å². The first kappa shape index (κ1) is 28.9. The second-order valence-electron chi connectivity index (χ2n) is 10.1. The van der Waals surface area contributed by atoms with Crippen LogP contribution in [0.25, 0.3) is 0 Å². The fourth-order valence-corrected chi connectivity index (χ4v) is 4.72. The van der Waals surface area contributed by atoms with Crippen molar-refractivity contribution in [2.75, 3.05) is 36.5 Å². The van der Waals surface area contributed by atoms with E-state index in [1.807, 2.05) is 0 Å². The molecule has 8 nitrogen and oxygen atoms in total. The van der Waals surface area contributed by atoms with Gasteiger partial charge in [0.15, 0.2) is 5.79 Å². The Kier molecular flexibility index (Phi) is 7.72. The van der Waals surface area contributed by atoms with Crippen molar-refractivity contribution in [3.63, 3.8) is 0 Å². The standard InChI is InChI=1S/C27H27F6N5O3/c1-25(2)40-15-18(41-25)14-39-24-36-21-10-13-38(23-20(27(31,32)33)4-3-11-34-23)12-9-19(21)22(37-24)35-17-7-5-16(6-8-17)26(28,29)30/h3-8,11,18H,9-10,12-15H2,1-2H3,(H,35,36,37)/t18-/m0/s1. The van der Waals surface area contributed by atoms with Gasteiger partial charge in [-0.25, -0.2) is 4.98 Å². The summed E-state index contributed by atoms with van der Waals surface area (Å²) in [6.45, 7) is 4.30. The maximum atomic E-state index is 13.7. The molecular formula is C27H27F6N5O3. The van der Waals surface area contributed by atoms with Crippen LogP contribution in [0.2, 0.25) is 0 Å². The minimum Gasteiger partial charge on any atom is -0.461 e. The smallest absolute Gasteiger partial charge is 0.419 e. The number of nitrogens with one attached hydrogen (secondary N) is 1. The monoisotopic (exact) mass is 583 g/mol. The van der Waals surface area contributed by atoms with Crippen molar-refractivity contribution in [1.29, 1.82) is 0 Å². The van der Waals surface area contributed by atoms with E-state index in [4.69, 9.17) is 14.2 Å². The van der Waals surface area contributed by atoms with E-state index in [2.05, 4.69) is 20.3 Å². The Hall–Kier alpha value is -3.65. The highest BCUT2D eigenvalue weighted by atomic mass is 19.4. The van der Waals surface area contributed by atoms with Crippen molar-refractivity contribution in [2.24, 2.45) is 0 Å². The van der Waals surface area contributed by atoms with Crippen molar-refractivity contribution in [3.05, 3.63) is 65.0 Å². The molecule has 220 valence electrons. The zero-order valence-electron chi connectivity index (χ0n) is 22.1. The van der Waals surface area contributed by atoms with E-state index in [1.165, 1.54) is 24.4 Å². The Balaban J connectivity index is 1.43. The molecule has 14 heteroatoms. The van der Waals surface area contributed by atoms with Gasteiger partial charge < -0.3 is 24.4 Å². The third kappa shape index (κ3) is 6.81. The van der Waals surface area contributed by atoms with Crippen LogP contribution in [0, 0.1) is 0 Å². The van der Waals surface area contributed by atoms with Gasteiger partial charge in [0.2, 0.25) is 0 Å². The number of aromatic nitrogens is 3. The van der Waals surface area contributed by atoms with E-state index < -0.39 is 29.3 Å². The number of hydrogen-bond donors (Lipinski definition) is 1. The Morgan fingerprint density at radius 2 is 1.73 bits per heavy atom. The molecule has 1 atom stereocenters. The van der Waals surface area contributed by atoms with Crippen molar-refractivity contribution >= 4 is 17.3 Å². The summed E-state index contributed by atoms with van der Waals surface area (Å²) < 4.78 is 97.3. The predicted molar refractivity (Wildman–Crippen MR) is 136 cm³/mol. The van der Waals surface area contributed by atoms with Crippen molar-refractivity contribution in [1.82, 2.24) is 15.0 Å². The van der Waals surface area contributed by atoms with Gasteiger partial charge in [-0.3, -0.25) is 0 Å². The first-order valence-corrected chi connectivity index (χ1v) is 12.8. The molecule has 0 amide bonds. The summed E-state index contributed by atoms with van der Waals surface area (Å²) in [6, 6.07) is 6.65. The molecule has 4 heterocycles. The molecule has 1 fully saturated rings. The van der Waals surface area contributed by atoms with Gasteiger partial charge in [0.25, 0.3) is 0 Å². The van der Waals surface area contributed by atoms with E-state index in [0.717, 1.165) is 18.2 Å². The molecular weight excluding hydrogens is 556 g/mol. The summed E-state index contributed by atoms with van der Waals surface area (Å²) in [4.78, 5) is 14.5. The van der Waals surface area contributed by atoms with Gasteiger partial charge in [-0.15, -0.1) is 0 Å². The summed E-state index contributed by atoms with van der Waals surface area (Å²) in [6.07, 6.45) is -7.64. The number of pyridine rings is 1. The molecule has 2 aromatic heterocycles. The second-order valence-corrected chi connectivity index (χ2v) is 10.1. The van der Waals surface area contributed by atoms with Crippen LogP contribution < -0.4 is 15.0 Å². The van der Waals surface area contributed by atoms with Crippen LogP contribution in [0.15, 0.2) is 42.6 Å². The Bertz CT molecular complexity index is 1380. The van der Waals surface area contributed by atoms with Gasteiger partial charge in [0.1, 0.15) is 24.3 Å². The molecule has 0 saturated carbocycles. The van der Waals surface area contributed by atoms with E-state index in [1.54, 1.807) is 18.7 Å². The minimum absolute atomic E-state index is 0.00580. The lowest BCUT2D eigenvalue weighted by molar-refractivity contribution is -0.141. The first-order chi connectivity index (χ1) is 19.3. The third-order valence-corrected chi connectivity index (χ3v) is 6.65. The Morgan fingerprint density at radius 3 is 2.39 bits per heavy atom. The van der Waals surface area contributed by atoms with Crippen LogP contribution >= 0.6 is 0 Å². The lowest BCUT2D eigenvalue weighted by Crippen LogP contribution is -2.29. The summed E-state index contributed by atoms with van der Waals surface area (Å²) >= 11 is 0. The molecule has 2 aliphatic rings. The summed E-state index contributed by atoms with van der Waals surface area (Å²) in [5, 5.41) is 3.04. The number of halogens is 6. The molecule has 2 aliphatic heterocycles. The summed E-state index contributed by atoms with van der Waals surface area (Å²) in [5.74, 6) is -0.662. The number of anilines is 3. The number of rotatable bonds is 6. The molecule has 41 heavy (non-hydrogen) atoms. The normalized spacial score (nSPS) is 19.0. The molecule has 3 aromatic rings. The topological polar surface area (TPSA) is 81.6 Å². The van der Waals surface area contributed by atoms with Crippen LogP contribution in [0.3, 0.4) is 0 Å². The highest BCUT2D eigenvalue weighted by molar-refractivity contribution is 5.62. The number of alkyl halides is 6. The van der Waals surface area contributed by atoms with Crippen LogP contribution in [0.5, 0.6) is 6.01 Å². The van der Waals surface area contributed by atoms with Crippen molar-refractivity contribution < 1.29 is 40.6 Å². The molecule has 0 bridgehead atoms. The van der Waals surface area contributed by atoms with Crippen LogP contribution in [0.4, 0.5) is 43.7 Å². The van der Waals surface area contributed by atoms with Gasteiger partial charge in [0, 0.05) is 37.0 Å². The molecule has 1 N–H and O–H groups in total. The zero-order chi connectivity index (χ0) is 29.4. The fraction of sp³-hybridized carbons (Fsp3) is 0.444. The molecule has 5 rings (SSSR count).